The zero-order valence-corrected chi connectivity index (χ0v) is 12.9. The highest BCUT2D eigenvalue weighted by molar-refractivity contribution is 5.80. The number of nitrogens with zero attached hydrogens (tertiary/aromatic N) is 2. The van der Waals surface area contributed by atoms with Gasteiger partial charge in [0.15, 0.2) is 0 Å². The average molecular weight is 271 g/mol. The Morgan fingerprint density at radius 2 is 1.89 bits per heavy atom. The molecule has 0 radical (unpaired) electrons. The second-order valence-electron chi connectivity index (χ2n) is 5.56. The van der Waals surface area contributed by atoms with Gasteiger partial charge in [-0.05, 0) is 33.9 Å². The second kappa shape index (κ2) is 7.82. The predicted molar refractivity (Wildman–Crippen MR) is 77.3 cm³/mol. The topological polar surface area (TPSA) is 44.8 Å². The first-order valence-corrected chi connectivity index (χ1v) is 7.35. The lowest BCUT2D eigenvalue weighted by Crippen LogP contribution is -2.60. The van der Waals surface area contributed by atoms with Crippen molar-refractivity contribution >= 4 is 5.97 Å². The summed E-state index contributed by atoms with van der Waals surface area (Å²) < 4.78 is 5.23. The largest absolute Gasteiger partial charge is 0.465 e. The highest BCUT2D eigenvalue weighted by atomic mass is 16.5. The number of esters is 1. The van der Waals surface area contributed by atoms with E-state index in [0.717, 1.165) is 45.7 Å². The standard InChI is InChI=1S/C14H29N3O2/c1-5-7-15-14(3,13(18)19-6-2)12-17-10-8-16(4)9-11-17/h15H,5-12H2,1-4H3. The minimum absolute atomic E-state index is 0.137. The third-order valence-electron chi connectivity index (χ3n) is 3.63. The maximum Gasteiger partial charge on any atom is 0.327 e. The molecule has 1 heterocycles. The molecule has 0 aromatic rings. The summed E-state index contributed by atoms with van der Waals surface area (Å²) in [7, 11) is 2.14. The molecular weight excluding hydrogens is 242 g/mol. The van der Waals surface area contributed by atoms with Crippen LogP contribution in [0.5, 0.6) is 0 Å². The number of rotatable bonds is 7. The zero-order valence-electron chi connectivity index (χ0n) is 12.9. The quantitative estimate of drug-likeness (QED) is 0.685. The van der Waals surface area contributed by atoms with E-state index in [4.69, 9.17) is 4.74 Å². The molecule has 1 N–H and O–H groups in total. The van der Waals surface area contributed by atoms with E-state index in [1.807, 2.05) is 13.8 Å². The molecular formula is C14H29N3O2. The monoisotopic (exact) mass is 271 g/mol. The van der Waals surface area contributed by atoms with Crippen molar-refractivity contribution in [3.05, 3.63) is 0 Å². The molecule has 0 saturated carbocycles. The van der Waals surface area contributed by atoms with E-state index >= 15 is 0 Å². The summed E-state index contributed by atoms with van der Waals surface area (Å²) >= 11 is 0. The fraction of sp³-hybridized carbons (Fsp3) is 0.929. The number of likely N-dealkylation sites (N-methyl/N-ethyl adjacent to an activating group) is 1. The molecule has 0 bridgehead atoms. The number of piperazine rings is 1. The number of hydrogen-bond acceptors (Lipinski definition) is 5. The van der Waals surface area contributed by atoms with Crippen LogP contribution in [0.3, 0.4) is 0 Å². The van der Waals surface area contributed by atoms with Crippen LogP contribution in [0.15, 0.2) is 0 Å². The van der Waals surface area contributed by atoms with Crippen LogP contribution in [0.2, 0.25) is 0 Å². The molecule has 1 atom stereocenters. The second-order valence-corrected chi connectivity index (χ2v) is 5.56. The van der Waals surface area contributed by atoms with Gasteiger partial charge in [0.2, 0.25) is 0 Å². The van der Waals surface area contributed by atoms with Crippen molar-refractivity contribution < 1.29 is 9.53 Å². The Labute approximate surface area is 117 Å². The van der Waals surface area contributed by atoms with Gasteiger partial charge in [0, 0.05) is 32.7 Å². The highest BCUT2D eigenvalue weighted by Crippen LogP contribution is 2.12. The normalized spacial score (nSPS) is 21.1. The lowest BCUT2D eigenvalue weighted by molar-refractivity contribution is -0.151. The van der Waals surface area contributed by atoms with Gasteiger partial charge in [-0.2, -0.15) is 0 Å². The van der Waals surface area contributed by atoms with Crippen LogP contribution in [-0.2, 0) is 9.53 Å². The van der Waals surface area contributed by atoms with Gasteiger partial charge >= 0.3 is 5.97 Å². The average Bonchev–Trinajstić information content (AvgIpc) is 2.39. The van der Waals surface area contributed by atoms with Gasteiger partial charge in [-0.15, -0.1) is 0 Å². The third kappa shape index (κ3) is 5.09. The van der Waals surface area contributed by atoms with E-state index < -0.39 is 5.54 Å². The van der Waals surface area contributed by atoms with Crippen LogP contribution in [0.4, 0.5) is 0 Å². The highest BCUT2D eigenvalue weighted by Gasteiger charge is 2.36. The smallest absolute Gasteiger partial charge is 0.327 e. The molecule has 0 aliphatic carbocycles. The molecule has 1 fully saturated rings. The summed E-state index contributed by atoms with van der Waals surface area (Å²) in [5, 5.41) is 3.36. The van der Waals surface area contributed by atoms with E-state index in [9.17, 15) is 4.79 Å². The summed E-state index contributed by atoms with van der Waals surface area (Å²) in [6, 6.07) is 0. The Balaban J connectivity index is 2.59. The van der Waals surface area contributed by atoms with Crippen molar-refractivity contribution in [3.8, 4) is 0 Å². The van der Waals surface area contributed by atoms with Crippen molar-refractivity contribution in [1.82, 2.24) is 15.1 Å². The van der Waals surface area contributed by atoms with Gasteiger partial charge in [-0.25, -0.2) is 0 Å². The van der Waals surface area contributed by atoms with E-state index in [2.05, 4.69) is 29.1 Å². The fourth-order valence-electron chi connectivity index (χ4n) is 2.34. The van der Waals surface area contributed by atoms with Gasteiger partial charge in [0.1, 0.15) is 5.54 Å². The summed E-state index contributed by atoms with van der Waals surface area (Å²) in [5.41, 5.74) is -0.595. The number of nitrogens with one attached hydrogen (secondary N) is 1. The molecule has 0 spiro atoms. The van der Waals surface area contributed by atoms with Gasteiger partial charge in [0.05, 0.1) is 6.61 Å². The molecule has 112 valence electrons. The third-order valence-corrected chi connectivity index (χ3v) is 3.63. The summed E-state index contributed by atoms with van der Waals surface area (Å²) in [4.78, 5) is 16.9. The minimum Gasteiger partial charge on any atom is -0.465 e. The molecule has 5 nitrogen and oxygen atoms in total. The fourth-order valence-corrected chi connectivity index (χ4v) is 2.34. The number of ether oxygens (including phenoxy) is 1. The van der Waals surface area contributed by atoms with Crippen LogP contribution in [-0.4, -0.2) is 74.2 Å². The van der Waals surface area contributed by atoms with Crippen LogP contribution < -0.4 is 5.32 Å². The maximum absolute atomic E-state index is 12.2. The maximum atomic E-state index is 12.2. The Kier molecular flexibility index (Phi) is 6.75. The Morgan fingerprint density at radius 3 is 2.42 bits per heavy atom. The number of hydrogen-bond donors (Lipinski definition) is 1. The van der Waals surface area contributed by atoms with Crippen molar-refractivity contribution in [1.29, 1.82) is 0 Å². The molecule has 1 aliphatic heterocycles. The van der Waals surface area contributed by atoms with Crippen molar-refractivity contribution in [2.45, 2.75) is 32.7 Å². The van der Waals surface area contributed by atoms with Crippen molar-refractivity contribution in [3.63, 3.8) is 0 Å². The molecule has 0 amide bonds. The molecule has 1 rings (SSSR count). The number of carbonyl (C=O) groups is 1. The SMILES string of the molecule is CCCNC(C)(CN1CCN(C)CC1)C(=O)OCC. The molecule has 19 heavy (non-hydrogen) atoms. The lowest BCUT2D eigenvalue weighted by atomic mass is 10.0. The predicted octanol–water partition coefficient (Wildman–Crippen LogP) is 0.555. The van der Waals surface area contributed by atoms with E-state index in [1.165, 1.54) is 0 Å². The number of carbonyl (C=O) groups excluding carboxylic acids is 1. The van der Waals surface area contributed by atoms with Crippen molar-refractivity contribution in [2.24, 2.45) is 0 Å². The van der Waals surface area contributed by atoms with E-state index in [-0.39, 0.29) is 5.97 Å². The molecule has 0 aromatic carbocycles. The molecule has 0 aromatic heterocycles. The first-order chi connectivity index (χ1) is 9.01. The lowest BCUT2D eigenvalue weighted by Gasteiger charge is -2.38. The summed E-state index contributed by atoms with van der Waals surface area (Å²) in [6.07, 6.45) is 1.01. The summed E-state index contributed by atoms with van der Waals surface area (Å²) in [6.45, 7) is 12.1. The Morgan fingerprint density at radius 1 is 1.26 bits per heavy atom. The van der Waals surface area contributed by atoms with Gasteiger partial charge < -0.3 is 15.0 Å². The molecule has 1 saturated heterocycles. The van der Waals surface area contributed by atoms with Crippen molar-refractivity contribution in [2.75, 3.05) is 52.9 Å². The molecule has 1 unspecified atom stereocenters. The van der Waals surface area contributed by atoms with Crippen LogP contribution in [0, 0.1) is 0 Å². The first-order valence-electron chi connectivity index (χ1n) is 7.35. The first kappa shape index (κ1) is 16.4. The van der Waals surface area contributed by atoms with Gasteiger partial charge in [-0.3, -0.25) is 9.69 Å². The van der Waals surface area contributed by atoms with Crippen LogP contribution in [0.1, 0.15) is 27.2 Å². The minimum atomic E-state index is -0.595. The van der Waals surface area contributed by atoms with Gasteiger partial charge in [-0.1, -0.05) is 6.92 Å². The van der Waals surface area contributed by atoms with E-state index in [1.54, 1.807) is 0 Å². The van der Waals surface area contributed by atoms with Crippen LogP contribution >= 0.6 is 0 Å². The van der Waals surface area contributed by atoms with E-state index in [0.29, 0.717) is 6.61 Å². The van der Waals surface area contributed by atoms with Crippen LogP contribution in [0.25, 0.3) is 0 Å². The van der Waals surface area contributed by atoms with Gasteiger partial charge in [0.25, 0.3) is 0 Å². The summed E-state index contributed by atoms with van der Waals surface area (Å²) in [5.74, 6) is -0.137. The Hall–Kier alpha value is -0.650. The Bertz CT molecular complexity index is 278. The zero-order chi connectivity index (χ0) is 14.3. The molecule has 5 heteroatoms. The molecule has 1 aliphatic rings.